The smallest absolute Gasteiger partial charge is 0.170 e. The van der Waals surface area contributed by atoms with Gasteiger partial charge in [0.25, 0.3) is 0 Å². The molecule has 0 saturated heterocycles. The van der Waals surface area contributed by atoms with E-state index in [0.717, 1.165) is 36.0 Å². The summed E-state index contributed by atoms with van der Waals surface area (Å²) in [5, 5.41) is 0. The van der Waals surface area contributed by atoms with Gasteiger partial charge in [-0.15, -0.1) is 0 Å². The standard InChI is InChI=1S/C23H24F6S2/c1-15(22(24,25)26)16-7-11-19(12-8-16)30-31-20-13-9-18(10-14-20)21(23(27,28)29)17-5-3-2-4-6-17/h7-15,17,21H,2-6H2,1H3. The first-order chi connectivity index (χ1) is 14.6. The fourth-order valence-corrected chi connectivity index (χ4v) is 5.95. The third kappa shape index (κ3) is 6.60. The van der Waals surface area contributed by atoms with E-state index < -0.39 is 24.2 Å². The minimum atomic E-state index is -4.28. The Labute approximate surface area is 186 Å². The lowest BCUT2D eigenvalue weighted by molar-refractivity contribution is -0.164. The van der Waals surface area contributed by atoms with Crippen LogP contribution in [0.2, 0.25) is 0 Å². The van der Waals surface area contributed by atoms with E-state index in [1.807, 2.05) is 0 Å². The molecule has 1 fully saturated rings. The second kappa shape index (κ2) is 10.1. The molecule has 2 aromatic rings. The van der Waals surface area contributed by atoms with E-state index in [4.69, 9.17) is 0 Å². The van der Waals surface area contributed by atoms with E-state index in [-0.39, 0.29) is 11.5 Å². The molecule has 2 atom stereocenters. The van der Waals surface area contributed by atoms with Gasteiger partial charge in [0.05, 0.1) is 11.8 Å². The zero-order valence-electron chi connectivity index (χ0n) is 17.0. The van der Waals surface area contributed by atoms with Crippen LogP contribution in [0.25, 0.3) is 0 Å². The van der Waals surface area contributed by atoms with Crippen molar-refractivity contribution in [1.29, 1.82) is 0 Å². The van der Waals surface area contributed by atoms with Crippen LogP contribution in [0.1, 0.15) is 62.0 Å². The molecule has 0 radical (unpaired) electrons. The van der Waals surface area contributed by atoms with Crippen molar-refractivity contribution in [2.45, 2.75) is 73.0 Å². The van der Waals surface area contributed by atoms with Crippen molar-refractivity contribution in [2.24, 2.45) is 5.92 Å². The van der Waals surface area contributed by atoms with Crippen molar-refractivity contribution in [3.63, 3.8) is 0 Å². The molecule has 0 nitrogen and oxygen atoms in total. The molecular weight excluding hydrogens is 454 g/mol. The Bertz CT molecular complexity index is 821. The number of alkyl halides is 6. The molecule has 0 amide bonds. The van der Waals surface area contributed by atoms with Crippen molar-refractivity contribution in [3.8, 4) is 0 Å². The van der Waals surface area contributed by atoms with Gasteiger partial charge in [0.2, 0.25) is 0 Å². The number of hydrogen-bond acceptors (Lipinski definition) is 2. The van der Waals surface area contributed by atoms with Gasteiger partial charge in [-0.05, 0) is 61.1 Å². The summed E-state index contributed by atoms with van der Waals surface area (Å²) in [6.07, 6.45) is -4.62. The first-order valence-corrected chi connectivity index (χ1v) is 12.4. The van der Waals surface area contributed by atoms with Gasteiger partial charge >= 0.3 is 12.4 Å². The maximum absolute atomic E-state index is 13.7. The lowest BCUT2D eigenvalue weighted by Gasteiger charge is -2.32. The van der Waals surface area contributed by atoms with Gasteiger partial charge in [-0.25, -0.2) is 0 Å². The van der Waals surface area contributed by atoms with Gasteiger partial charge in [0, 0.05) is 9.79 Å². The van der Waals surface area contributed by atoms with E-state index in [0.29, 0.717) is 18.4 Å². The van der Waals surface area contributed by atoms with Crippen LogP contribution in [-0.2, 0) is 0 Å². The van der Waals surface area contributed by atoms with E-state index in [1.165, 1.54) is 33.7 Å². The van der Waals surface area contributed by atoms with Crippen molar-refractivity contribution in [2.75, 3.05) is 0 Å². The Balaban J connectivity index is 1.63. The molecule has 0 N–H and O–H groups in total. The average molecular weight is 479 g/mol. The molecule has 1 aliphatic rings. The van der Waals surface area contributed by atoms with Crippen LogP contribution in [0.5, 0.6) is 0 Å². The number of rotatable bonds is 6. The Hall–Kier alpha value is -1.28. The summed E-state index contributed by atoms with van der Waals surface area (Å²) >= 11 is 0. The highest BCUT2D eigenvalue weighted by Crippen LogP contribution is 2.47. The minimum absolute atomic E-state index is 0.201. The monoisotopic (exact) mass is 478 g/mol. The highest BCUT2D eigenvalue weighted by molar-refractivity contribution is 8.76. The topological polar surface area (TPSA) is 0 Å². The maximum atomic E-state index is 13.7. The lowest BCUT2D eigenvalue weighted by Crippen LogP contribution is -2.29. The molecule has 1 aliphatic carbocycles. The van der Waals surface area contributed by atoms with Gasteiger partial charge in [-0.3, -0.25) is 0 Å². The van der Waals surface area contributed by atoms with Crippen LogP contribution in [0.4, 0.5) is 26.3 Å². The normalized spacial score (nSPS) is 18.0. The van der Waals surface area contributed by atoms with Gasteiger partial charge in [-0.1, -0.05) is 65.1 Å². The minimum Gasteiger partial charge on any atom is -0.170 e. The summed E-state index contributed by atoms with van der Waals surface area (Å²) in [7, 11) is 2.73. The van der Waals surface area contributed by atoms with E-state index in [2.05, 4.69) is 0 Å². The molecular formula is C23H24F6S2. The second-order valence-corrected chi connectivity index (χ2v) is 10.3. The molecule has 170 valence electrons. The van der Waals surface area contributed by atoms with Crippen LogP contribution in [-0.4, -0.2) is 12.4 Å². The number of hydrogen-bond donors (Lipinski definition) is 0. The van der Waals surface area contributed by atoms with Crippen molar-refractivity contribution in [3.05, 3.63) is 59.7 Å². The van der Waals surface area contributed by atoms with Crippen LogP contribution < -0.4 is 0 Å². The third-order valence-electron chi connectivity index (χ3n) is 5.82. The van der Waals surface area contributed by atoms with Crippen LogP contribution in [0.15, 0.2) is 58.3 Å². The maximum Gasteiger partial charge on any atom is 0.396 e. The number of halogens is 6. The van der Waals surface area contributed by atoms with Crippen LogP contribution in [0.3, 0.4) is 0 Å². The predicted octanol–water partition coefficient (Wildman–Crippen LogP) is 9.38. The molecule has 31 heavy (non-hydrogen) atoms. The molecule has 0 heterocycles. The summed E-state index contributed by atoms with van der Waals surface area (Å²) in [5.74, 6) is -3.32. The van der Waals surface area contributed by atoms with E-state index >= 15 is 0 Å². The summed E-state index contributed by atoms with van der Waals surface area (Å²) in [4.78, 5) is 1.58. The van der Waals surface area contributed by atoms with Gasteiger partial charge < -0.3 is 0 Å². The van der Waals surface area contributed by atoms with Crippen LogP contribution in [0, 0.1) is 5.92 Å². The molecule has 8 heteroatoms. The Morgan fingerprint density at radius 3 is 1.55 bits per heavy atom. The fraction of sp³-hybridized carbons (Fsp3) is 0.478. The highest BCUT2D eigenvalue weighted by atomic mass is 33.1. The van der Waals surface area contributed by atoms with E-state index in [9.17, 15) is 26.3 Å². The largest absolute Gasteiger partial charge is 0.396 e. The van der Waals surface area contributed by atoms with Gasteiger partial charge in [0.15, 0.2) is 0 Å². The molecule has 2 aromatic carbocycles. The Morgan fingerprint density at radius 2 is 1.13 bits per heavy atom. The van der Waals surface area contributed by atoms with Crippen molar-refractivity contribution < 1.29 is 26.3 Å². The third-order valence-corrected chi connectivity index (χ3v) is 8.24. The first kappa shape index (κ1) is 24.4. The van der Waals surface area contributed by atoms with Gasteiger partial charge in [0.1, 0.15) is 0 Å². The second-order valence-electron chi connectivity index (χ2n) is 7.99. The first-order valence-electron chi connectivity index (χ1n) is 10.2. The molecule has 3 rings (SSSR count). The fourth-order valence-electron chi connectivity index (χ4n) is 4.02. The summed E-state index contributed by atoms with van der Waals surface area (Å²) in [5.41, 5.74) is 0.506. The molecule has 0 aliphatic heterocycles. The lowest BCUT2D eigenvalue weighted by atomic mass is 9.76. The predicted molar refractivity (Wildman–Crippen MR) is 114 cm³/mol. The highest BCUT2D eigenvalue weighted by Gasteiger charge is 2.45. The van der Waals surface area contributed by atoms with Crippen LogP contribution >= 0.6 is 21.6 Å². The zero-order chi connectivity index (χ0) is 22.6. The van der Waals surface area contributed by atoms with E-state index in [1.54, 1.807) is 36.4 Å². The molecule has 2 unspecified atom stereocenters. The summed E-state index contributed by atoms with van der Waals surface area (Å²) in [6.45, 7) is 1.12. The SMILES string of the molecule is CC(c1ccc(SSc2ccc(C(C3CCCCC3)C(F)(F)F)cc2)cc1)C(F)(F)F. The van der Waals surface area contributed by atoms with Crippen molar-refractivity contribution >= 4 is 21.6 Å². The Kier molecular flexibility index (Phi) is 7.95. The zero-order valence-corrected chi connectivity index (χ0v) is 18.6. The molecule has 1 saturated carbocycles. The summed E-state index contributed by atoms with van der Waals surface area (Å²) < 4.78 is 79.7. The Morgan fingerprint density at radius 1 is 0.677 bits per heavy atom. The van der Waals surface area contributed by atoms with Crippen molar-refractivity contribution in [1.82, 2.24) is 0 Å². The molecule has 0 aromatic heterocycles. The average Bonchev–Trinajstić information content (AvgIpc) is 2.72. The molecule has 0 spiro atoms. The number of benzene rings is 2. The molecule has 0 bridgehead atoms. The quantitative estimate of drug-likeness (QED) is 0.300. The summed E-state index contributed by atoms with van der Waals surface area (Å²) in [6, 6.07) is 12.7. The van der Waals surface area contributed by atoms with Gasteiger partial charge in [-0.2, -0.15) is 26.3 Å².